The van der Waals surface area contributed by atoms with E-state index in [0.717, 1.165) is 5.56 Å². The van der Waals surface area contributed by atoms with Crippen molar-refractivity contribution in [1.29, 1.82) is 0 Å². The SMILES string of the molecule is O=[N+]([O-])c1cccc(/C=N\Nc2nncc(-c3ccccc3)n2)c1. The fraction of sp³-hybridized carbons (Fsp3) is 0. The highest BCUT2D eigenvalue weighted by atomic mass is 16.6. The van der Waals surface area contributed by atoms with E-state index in [1.165, 1.54) is 18.3 Å². The number of nitrogens with zero attached hydrogens (tertiary/aromatic N) is 5. The third-order valence-corrected chi connectivity index (χ3v) is 3.09. The van der Waals surface area contributed by atoms with Gasteiger partial charge in [-0.25, -0.2) is 10.4 Å². The Morgan fingerprint density at radius 2 is 1.96 bits per heavy atom. The molecule has 0 spiro atoms. The molecule has 8 nitrogen and oxygen atoms in total. The molecule has 0 fully saturated rings. The third-order valence-electron chi connectivity index (χ3n) is 3.09. The molecule has 0 saturated carbocycles. The Morgan fingerprint density at radius 3 is 2.75 bits per heavy atom. The molecule has 1 heterocycles. The predicted octanol–water partition coefficient (Wildman–Crippen LogP) is 2.89. The molecule has 0 radical (unpaired) electrons. The average molecular weight is 320 g/mol. The number of rotatable bonds is 5. The lowest BCUT2D eigenvalue weighted by Gasteiger charge is -2.01. The predicted molar refractivity (Wildman–Crippen MR) is 89.6 cm³/mol. The summed E-state index contributed by atoms with van der Waals surface area (Å²) in [4.78, 5) is 14.6. The first kappa shape index (κ1) is 15.2. The van der Waals surface area contributed by atoms with Crippen LogP contribution in [0.1, 0.15) is 5.56 Å². The van der Waals surface area contributed by atoms with Gasteiger partial charge in [0, 0.05) is 23.3 Å². The Hall–Kier alpha value is -3.68. The number of hydrogen-bond acceptors (Lipinski definition) is 7. The normalized spacial score (nSPS) is 10.7. The van der Waals surface area contributed by atoms with Crippen LogP contribution in [0.3, 0.4) is 0 Å². The first-order valence-electron chi connectivity index (χ1n) is 7.01. The maximum absolute atomic E-state index is 10.7. The Bertz CT molecular complexity index is 883. The van der Waals surface area contributed by atoms with Crippen LogP contribution in [0.25, 0.3) is 11.3 Å². The van der Waals surface area contributed by atoms with Crippen molar-refractivity contribution in [1.82, 2.24) is 15.2 Å². The number of nitro benzene ring substituents is 1. The summed E-state index contributed by atoms with van der Waals surface area (Å²) in [6, 6.07) is 15.7. The summed E-state index contributed by atoms with van der Waals surface area (Å²) in [5.74, 6) is 0.234. The van der Waals surface area contributed by atoms with E-state index < -0.39 is 4.92 Å². The van der Waals surface area contributed by atoms with Crippen molar-refractivity contribution in [3.8, 4) is 11.3 Å². The van der Waals surface area contributed by atoms with E-state index in [-0.39, 0.29) is 11.6 Å². The molecule has 0 atom stereocenters. The highest BCUT2D eigenvalue weighted by Gasteiger charge is 2.04. The number of benzene rings is 2. The second-order valence-electron chi connectivity index (χ2n) is 4.75. The van der Waals surface area contributed by atoms with Crippen LogP contribution in [0.5, 0.6) is 0 Å². The molecule has 3 aromatic rings. The van der Waals surface area contributed by atoms with E-state index in [1.54, 1.807) is 18.3 Å². The highest BCUT2D eigenvalue weighted by Crippen LogP contribution is 2.15. The lowest BCUT2D eigenvalue weighted by molar-refractivity contribution is -0.384. The molecule has 0 amide bonds. The van der Waals surface area contributed by atoms with Crippen LogP contribution in [-0.4, -0.2) is 26.3 Å². The highest BCUT2D eigenvalue weighted by molar-refractivity contribution is 5.81. The van der Waals surface area contributed by atoms with Crippen LogP contribution in [0.4, 0.5) is 11.6 Å². The largest absolute Gasteiger partial charge is 0.270 e. The van der Waals surface area contributed by atoms with Crippen LogP contribution in [-0.2, 0) is 0 Å². The molecule has 3 rings (SSSR count). The maximum atomic E-state index is 10.7. The number of nitrogens with one attached hydrogen (secondary N) is 1. The molecule has 0 saturated heterocycles. The van der Waals surface area contributed by atoms with E-state index in [9.17, 15) is 10.1 Å². The summed E-state index contributed by atoms with van der Waals surface area (Å²) in [6.45, 7) is 0. The molecular formula is C16H12N6O2. The van der Waals surface area contributed by atoms with E-state index in [0.29, 0.717) is 11.3 Å². The fourth-order valence-corrected chi connectivity index (χ4v) is 1.98. The van der Waals surface area contributed by atoms with Gasteiger partial charge in [-0.15, -0.1) is 5.10 Å². The third kappa shape index (κ3) is 3.74. The van der Waals surface area contributed by atoms with Crippen molar-refractivity contribution < 1.29 is 4.92 Å². The summed E-state index contributed by atoms with van der Waals surface area (Å²) < 4.78 is 0. The fourth-order valence-electron chi connectivity index (χ4n) is 1.98. The minimum atomic E-state index is -0.457. The number of hydrogen-bond donors (Lipinski definition) is 1. The summed E-state index contributed by atoms with van der Waals surface area (Å²) in [5, 5.41) is 22.5. The Labute approximate surface area is 137 Å². The van der Waals surface area contributed by atoms with Gasteiger partial charge in [0.2, 0.25) is 0 Å². The van der Waals surface area contributed by atoms with Gasteiger partial charge in [0.25, 0.3) is 11.6 Å². The van der Waals surface area contributed by atoms with E-state index in [4.69, 9.17) is 0 Å². The lowest BCUT2D eigenvalue weighted by atomic mass is 10.2. The zero-order chi connectivity index (χ0) is 16.8. The Morgan fingerprint density at radius 1 is 1.12 bits per heavy atom. The minimum Gasteiger partial charge on any atom is -0.258 e. The van der Waals surface area contributed by atoms with Crippen molar-refractivity contribution >= 4 is 17.9 Å². The summed E-state index contributed by atoms with van der Waals surface area (Å²) in [7, 11) is 0. The number of aromatic nitrogens is 3. The van der Waals surface area contributed by atoms with Gasteiger partial charge in [-0.2, -0.15) is 10.2 Å². The molecular weight excluding hydrogens is 308 g/mol. The zero-order valence-corrected chi connectivity index (χ0v) is 12.4. The van der Waals surface area contributed by atoms with Crippen LogP contribution in [0.15, 0.2) is 65.9 Å². The monoisotopic (exact) mass is 320 g/mol. The molecule has 1 N–H and O–H groups in total. The van der Waals surface area contributed by atoms with E-state index in [2.05, 4.69) is 25.7 Å². The molecule has 0 aliphatic heterocycles. The van der Waals surface area contributed by atoms with Gasteiger partial charge in [0.15, 0.2) is 0 Å². The second kappa shape index (κ2) is 7.05. The summed E-state index contributed by atoms with van der Waals surface area (Å²) >= 11 is 0. The van der Waals surface area contributed by atoms with Crippen LogP contribution >= 0.6 is 0 Å². The summed E-state index contributed by atoms with van der Waals surface area (Å²) in [6.07, 6.45) is 3.01. The molecule has 0 bridgehead atoms. The number of non-ortho nitro benzene ring substituents is 1. The van der Waals surface area contributed by atoms with Gasteiger partial charge in [-0.3, -0.25) is 10.1 Å². The van der Waals surface area contributed by atoms with Crippen LogP contribution in [0.2, 0.25) is 0 Å². The van der Waals surface area contributed by atoms with Gasteiger partial charge >= 0.3 is 0 Å². The number of nitro groups is 1. The van der Waals surface area contributed by atoms with Crippen LogP contribution in [0, 0.1) is 10.1 Å². The quantitative estimate of drug-likeness (QED) is 0.440. The van der Waals surface area contributed by atoms with Crippen LogP contribution < -0.4 is 5.43 Å². The Kier molecular flexibility index (Phi) is 4.47. The van der Waals surface area contributed by atoms with E-state index in [1.807, 2.05) is 30.3 Å². The first-order chi connectivity index (χ1) is 11.7. The first-order valence-corrected chi connectivity index (χ1v) is 7.01. The maximum Gasteiger partial charge on any atom is 0.270 e. The zero-order valence-electron chi connectivity index (χ0n) is 12.4. The molecule has 0 unspecified atom stereocenters. The minimum absolute atomic E-state index is 0.00272. The summed E-state index contributed by atoms with van der Waals surface area (Å²) in [5.41, 5.74) is 4.84. The standard InChI is InChI=1S/C16H12N6O2/c23-22(24)14-8-4-5-12(9-14)10-17-20-16-19-15(11-18-21-16)13-6-2-1-3-7-13/h1-11H,(H,19,20,21)/b17-10-. The molecule has 8 heteroatoms. The van der Waals surface area contributed by atoms with Crippen molar-refractivity contribution in [2.45, 2.75) is 0 Å². The van der Waals surface area contributed by atoms with Gasteiger partial charge < -0.3 is 0 Å². The smallest absolute Gasteiger partial charge is 0.258 e. The van der Waals surface area contributed by atoms with Gasteiger partial charge in [-0.1, -0.05) is 42.5 Å². The molecule has 1 aromatic heterocycles. The van der Waals surface area contributed by atoms with Gasteiger partial charge in [0.05, 0.1) is 23.0 Å². The molecule has 2 aromatic carbocycles. The van der Waals surface area contributed by atoms with Crippen molar-refractivity contribution in [2.24, 2.45) is 5.10 Å². The van der Waals surface area contributed by atoms with Crippen molar-refractivity contribution in [3.05, 3.63) is 76.5 Å². The second-order valence-corrected chi connectivity index (χ2v) is 4.75. The topological polar surface area (TPSA) is 106 Å². The molecule has 24 heavy (non-hydrogen) atoms. The average Bonchev–Trinajstić information content (AvgIpc) is 2.63. The number of anilines is 1. The Balaban J connectivity index is 1.73. The molecule has 118 valence electrons. The van der Waals surface area contributed by atoms with E-state index >= 15 is 0 Å². The van der Waals surface area contributed by atoms with Gasteiger partial charge in [-0.05, 0) is 0 Å². The van der Waals surface area contributed by atoms with Crippen molar-refractivity contribution in [3.63, 3.8) is 0 Å². The molecule has 0 aliphatic rings. The lowest BCUT2D eigenvalue weighted by Crippen LogP contribution is -2.00. The number of hydrazone groups is 1. The van der Waals surface area contributed by atoms with Gasteiger partial charge in [0.1, 0.15) is 0 Å². The molecule has 0 aliphatic carbocycles. The van der Waals surface area contributed by atoms with Crippen molar-refractivity contribution in [2.75, 3.05) is 5.43 Å².